The molecule has 4 N–H and O–H groups in total. The second-order valence-corrected chi connectivity index (χ2v) is 4.39. The second-order valence-electron chi connectivity index (χ2n) is 4.39. The summed E-state index contributed by atoms with van der Waals surface area (Å²) < 4.78 is 0. The van der Waals surface area contributed by atoms with Gasteiger partial charge in [-0.2, -0.15) is 0 Å². The lowest BCUT2D eigenvalue weighted by Gasteiger charge is -2.28. The van der Waals surface area contributed by atoms with Crippen LogP contribution in [0.4, 0.5) is 5.69 Å². The fourth-order valence-corrected chi connectivity index (χ4v) is 2.14. The zero-order valence-corrected chi connectivity index (χ0v) is 9.60. The molecule has 1 aliphatic carbocycles. The summed E-state index contributed by atoms with van der Waals surface area (Å²) >= 11 is 0. The fraction of sp³-hybridized carbons (Fsp3) is 0.500. The van der Waals surface area contributed by atoms with Gasteiger partial charge >= 0.3 is 0 Å². The van der Waals surface area contributed by atoms with Crippen LogP contribution in [0.3, 0.4) is 0 Å². The van der Waals surface area contributed by atoms with Crippen LogP contribution < -0.4 is 11.1 Å². The SMILES string of the molecule is Nc1cnccc1C(=O)NC1CCCCC1O. The van der Waals surface area contributed by atoms with E-state index in [1.165, 1.54) is 12.4 Å². The van der Waals surface area contributed by atoms with E-state index in [0.717, 1.165) is 25.7 Å². The monoisotopic (exact) mass is 235 g/mol. The average Bonchev–Trinajstić information content (AvgIpc) is 2.32. The summed E-state index contributed by atoms with van der Waals surface area (Å²) in [4.78, 5) is 15.8. The number of nitrogens with two attached hydrogens (primary N) is 1. The Balaban J connectivity index is 2.04. The molecule has 1 fully saturated rings. The van der Waals surface area contributed by atoms with Crippen LogP contribution in [0.15, 0.2) is 18.5 Å². The second kappa shape index (κ2) is 5.14. The van der Waals surface area contributed by atoms with Crippen molar-refractivity contribution >= 4 is 11.6 Å². The number of nitrogens with zero attached hydrogens (tertiary/aromatic N) is 1. The van der Waals surface area contributed by atoms with Gasteiger partial charge in [-0.25, -0.2) is 0 Å². The Hall–Kier alpha value is -1.62. The number of aromatic nitrogens is 1. The van der Waals surface area contributed by atoms with Gasteiger partial charge in [0, 0.05) is 6.20 Å². The Morgan fingerprint density at radius 1 is 1.47 bits per heavy atom. The fourth-order valence-electron chi connectivity index (χ4n) is 2.14. The van der Waals surface area contributed by atoms with Gasteiger partial charge in [-0.1, -0.05) is 12.8 Å². The van der Waals surface area contributed by atoms with Crippen molar-refractivity contribution < 1.29 is 9.90 Å². The Morgan fingerprint density at radius 3 is 2.94 bits per heavy atom. The van der Waals surface area contributed by atoms with Gasteiger partial charge < -0.3 is 16.2 Å². The lowest BCUT2D eigenvalue weighted by atomic mass is 9.92. The molecule has 1 aromatic heterocycles. The van der Waals surface area contributed by atoms with Crippen LogP contribution >= 0.6 is 0 Å². The van der Waals surface area contributed by atoms with Crippen LogP contribution in [0, 0.1) is 0 Å². The number of nitrogen functional groups attached to an aromatic ring is 1. The van der Waals surface area contributed by atoms with Crippen LogP contribution in [0.1, 0.15) is 36.0 Å². The zero-order valence-electron chi connectivity index (χ0n) is 9.60. The van der Waals surface area contributed by atoms with E-state index < -0.39 is 6.10 Å². The third-order valence-electron chi connectivity index (χ3n) is 3.14. The molecule has 2 rings (SSSR count). The third kappa shape index (κ3) is 2.74. The van der Waals surface area contributed by atoms with Crippen LogP contribution in [-0.2, 0) is 0 Å². The highest BCUT2D eigenvalue weighted by Gasteiger charge is 2.25. The Bertz CT molecular complexity index is 408. The van der Waals surface area contributed by atoms with Crippen molar-refractivity contribution in [1.82, 2.24) is 10.3 Å². The maximum absolute atomic E-state index is 11.9. The molecule has 1 amide bonds. The van der Waals surface area contributed by atoms with Crippen molar-refractivity contribution in [2.75, 3.05) is 5.73 Å². The first-order valence-corrected chi connectivity index (χ1v) is 5.87. The van der Waals surface area contributed by atoms with Gasteiger partial charge in [0.15, 0.2) is 0 Å². The highest BCUT2D eigenvalue weighted by molar-refractivity contribution is 5.99. The lowest BCUT2D eigenvalue weighted by Crippen LogP contribution is -2.45. The van der Waals surface area contributed by atoms with Crippen LogP contribution in [0.2, 0.25) is 0 Å². The minimum absolute atomic E-state index is 0.163. The standard InChI is InChI=1S/C12H17N3O2/c13-9-7-14-6-5-8(9)12(17)15-10-3-1-2-4-11(10)16/h5-7,10-11,16H,1-4,13H2,(H,15,17). The topological polar surface area (TPSA) is 88.2 Å². The molecule has 0 aliphatic heterocycles. The molecule has 92 valence electrons. The highest BCUT2D eigenvalue weighted by Crippen LogP contribution is 2.19. The van der Waals surface area contributed by atoms with Crippen molar-refractivity contribution in [3.8, 4) is 0 Å². The number of anilines is 1. The van der Waals surface area contributed by atoms with E-state index in [0.29, 0.717) is 11.3 Å². The molecule has 0 spiro atoms. The van der Waals surface area contributed by atoms with Crippen LogP contribution in [0.25, 0.3) is 0 Å². The van der Waals surface area contributed by atoms with Crippen LogP contribution in [-0.4, -0.2) is 28.1 Å². The normalized spacial score (nSPS) is 24.3. The number of rotatable bonds is 2. The molecule has 5 heteroatoms. The number of amides is 1. The molecule has 1 aromatic rings. The predicted octanol–water partition coefficient (Wildman–Crippen LogP) is 0.697. The summed E-state index contributed by atoms with van der Waals surface area (Å²) in [7, 11) is 0. The molecule has 1 heterocycles. The average molecular weight is 235 g/mol. The molecule has 5 nitrogen and oxygen atoms in total. The molecular formula is C12H17N3O2. The van der Waals surface area contributed by atoms with Crippen molar-refractivity contribution in [1.29, 1.82) is 0 Å². The number of aliphatic hydroxyl groups is 1. The Labute approximate surface area is 100 Å². The maximum atomic E-state index is 11.9. The zero-order chi connectivity index (χ0) is 12.3. The first-order chi connectivity index (χ1) is 8.18. The van der Waals surface area contributed by atoms with E-state index in [1.807, 2.05) is 0 Å². The summed E-state index contributed by atoms with van der Waals surface area (Å²) in [6.07, 6.45) is 6.15. The molecule has 0 bridgehead atoms. The summed E-state index contributed by atoms with van der Waals surface area (Å²) in [6.45, 7) is 0. The molecular weight excluding hydrogens is 218 g/mol. The molecule has 17 heavy (non-hydrogen) atoms. The summed E-state index contributed by atoms with van der Waals surface area (Å²) in [6, 6.07) is 1.42. The minimum Gasteiger partial charge on any atom is -0.397 e. The molecule has 0 saturated heterocycles. The molecule has 1 saturated carbocycles. The van der Waals surface area contributed by atoms with Gasteiger partial charge in [0.25, 0.3) is 5.91 Å². The molecule has 2 unspecified atom stereocenters. The van der Waals surface area contributed by atoms with E-state index >= 15 is 0 Å². The van der Waals surface area contributed by atoms with Crippen molar-refractivity contribution in [3.63, 3.8) is 0 Å². The number of aliphatic hydroxyl groups excluding tert-OH is 1. The quantitative estimate of drug-likeness (QED) is 0.704. The lowest BCUT2D eigenvalue weighted by molar-refractivity contribution is 0.0718. The number of hydrogen-bond acceptors (Lipinski definition) is 4. The van der Waals surface area contributed by atoms with Gasteiger partial charge in [0.2, 0.25) is 0 Å². The summed E-state index contributed by atoms with van der Waals surface area (Å²) in [5.74, 6) is -0.240. The summed E-state index contributed by atoms with van der Waals surface area (Å²) in [5.41, 5.74) is 6.45. The molecule has 1 aliphatic rings. The van der Waals surface area contributed by atoms with Gasteiger partial charge in [-0.15, -0.1) is 0 Å². The van der Waals surface area contributed by atoms with Crippen LogP contribution in [0.5, 0.6) is 0 Å². The largest absolute Gasteiger partial charge is 0.397 e. The minimum atomic E-state index is -0.448. The van der Waals surface area contributed by atoms with E-state index in [9.17, 15) is 9.90 Å². The van der Waals surface area contributed by atoms with Gasteiger partial charge in [-0.3, -0.25) is 9.78 Å². The number of nitrogens with one attached hydrogen (secondary N) is 1. The van der Waals surface area contributed by atoms with Crippen molar-refractivity contribution in [2.24, 2.45) is 0 Å². The maximum Gasteiger partial charge on any atom is 0.253 e. The Kier molecular flexibility index (Phi) is 3.58. The number of hydrogen-bond donors (Lipinski definition) is 3. The van der Waals surface area contributed by atoms with Gasteiger partial charge in [0.1, 0.15) is 0 Å². The summed E-state index contributed by atoms with van der Waals surface area (Å²) in [5, 5.41) is 12.6. The van der Waals surface area contributed by atoms with E-state index in [2.05, 4.69) is 10.3 Å². The number of carbonyl (C=O) groups excluding carboxylic acids is 1. The molecule has 0 radical (unpaired) electrons. The first-order valence-electron chi connectivity index (χ1n) is 5.87. The number of pyridine rings is 1. The third-order valence-corrected chi connectivity index (χ3v) is 3.14. The Morgan fingerprint density at radius 2 is 2.24 bits per heavy atom. The number of carbonyl (C=O) groups is 1. The first kappa shape index (κ1) is 11.9. The van der Waals surface area contributed by atoms with Gasteiger partial charge in [0.05, 0.1) is 29.6 Å². The smallest absolute Gasteiger partial charge is 0.253 e. The molecule has 0 aromatic carbocycles. The van der Waals surface area contributed by atoms with E-state index in [4.69, 9.17) is 5.73 Å². The van der Waals surface area contributed by atoms with E-state index in [1.54, 1.807) is 6.07 Å². The molecule has 2 atom stereocenters. The van der Waals surface area contributed by atoms with E-state index in [-0.39, 0.29) is 11.9 Å². The highest BCUT2D eigenvalue weighted by atomic mass is 16.3. The van der Waals surface area contributed by atoms with Gasteiger partial charge in [-0.05, 0) is 18.9 Å². The van der Waals surface area contributed by atoms with Crippen molar-refractivity contribution in [3.05, 3.63) is 24.0 Å². The predicted molar refractivity (Wildman–Crippen MR) is 64.4 cm³/mol. The van der Waals surface area contributed by atoms with Crippen molar-refractivity contribution in [2.45, 2.75) is 37.8 Å².